The van der Waals surface area contributed by atoms with E-state index in [0.29, 0.717) is 0 Å². The van der Waals surface area contributed by atoms with Crippen molar-refractivity contribution in [3.63, 3.8) is 0 Å². The zero-order valence-corrected chi connectivity index (χ0v) is 37.0. The zero-order chi connectivity index (χ0) is 43.7. The first-order chi connectivity index (χ1) is 32.5. The molecular formula is C64H46N2. The Kier molecular flexibility index (Phi) is 7.82. The summed E-state index contributed by atoms with van der Waals surface area (Å²) < 4.78 is 2.42. The molecule has 0 aliphatic heterocycles. The molecule has 0 saturated heterocycles. The zero-order valence-electron chi connectivity index (χ0n) is 37.0. The Morgan fingerprint density at radius 1 is 0.455 bits per heavy atom. The van der Waals surface area contributed by atoms with Crippen molar-refractivity contribution in [3.05, 3.63) is 263 Å². The van der Waals surface area contributed by atoms with E-state index in [1.165, 1.54) is 117 Å². The third kappa shape index (κ3) is 4.86. The molecule has 10 aromatic rings. The van der Waals surface area contributed by atoms with Gasteiger partial charge in [0.2, 0.25) is 0 Å². The van der Waals surface area contributed by atoms with E-state index in [-0.39, 0.29) is 11.5 Å². The van der Waals surface area contributed by atoms with Gasteiger partial charge in [0.05, 0.1) is 22.5 Å². The first-order valence-corrected chi connectivity index (χ1v) is 23.5. The normalized spacial score (nSPS) is 16.4. The van der Waals surface area contributed by atoms with Crippen molar-refractivity contribution < 1.29 is 0 Å². The Balaban J connectivity index is 1.01. The molecule has 9 aromatic carbocycles. The second kappa shape index (κ2) is 13.8. The minimum absolute atomic E-state index is 0.0279. The van der Waals surface area contributed by atoms with Crippen LogP contribution in [0.25, 0.3) is 66.4 Å². The van der Waals surface area contributed by atoms with Crippen molar-refractivity contribution in [2.75, 3.05) is 4.90 Å². The lowest BCUT2D eigenvalue weighted by atomic mass is 9.70. The van der Waals surface area contributed by atoms with Crippen LogP contribution in [0, 0.1) is 0 Å². The predicted octanol–water partition coefficient (Wildman–Crippen LogP) is 16.0. The van der Waals surface area contributed by atoms with Gasteiger partial charge < -0.3 is 9.47 Å². The molecule has 0 saturated carbocycles. The van der Waals surface area contributed by atoms with Gasteiger partial charge in [0, 0.05) is 44.4 Å². The standard InChI is InChI=1S/C64H46N2/c1-63(2)51-28-11-9-24-49(51)61-55(63)32-18-35-58(61)66(43-39-37-41(38-40-43)44-26-16-34-57-60(44)50-25-10-15-33-56(50)65(57)42-19-4-3-5-20-42)59-36-17-27-48-47-23-8-14-31-54(47)64(62(48)59)52-29-12-6-21-45(52)46-22-7-13-30-53(46)64/h3-39,43H,40H2,1-2H3. The molecule has 2 heteroatoms. The summed E-state index contributed by atoms with van der Waals surface area (Å²) in [6.07, 6.45) is 8.27. The maximum atomic E-state index is 2.73. The number of allylic oxidation sites excluding steroid dienone is 2. The second-order valence-electron chi connectivity index (χ2n) is 19.0. The largest absolute Gasteiger partial charge is 0.333 e. The van der Waals surface area contributed by atoms with Crippen LogP contribution in [0.4, 0.5) is 11.4 Å². The molecule has 1 unspecified atom stereocenters. The molecule has 1 spiro atoms. The Morgan fingerprint density at radius 3 is 1.70 bits per heavy atom. The van der Waals surface area contributed by atoms with Gasteiger partial charge in [-0.1, -0.05) is 202 Å². The molecule has 0 N–H and O–H groups in total. The molecule has 4 aliphatic rings. The van der Waals surface area contributed by atoms with Crippen LogP contribution in [0.2, 0.25) is 0 Å². The van der Waals surface area contributed by atoms with E-state index in [4.69, 9.17) is 0 Å². The Hall–Kier alpha value is -7.94. The molecule has 66 heavy (non-hydrogen) atoms. The molecular weight excluding hydrogens is 797 g/mol. The van der Waals surface area contributed by atoms with Crippen LogP contribution in [0.3, 0.4) is 0 Å². The quantitative estimate of drug-likeness (QED) is 0.168. The number of fused-ring (bicyclic) bond motifs is 16. The van der Waals surface area contributed by atoms with Crippen LogP contribution >= 0.6 is 0 Å². The summed E-state index contributed by atoms with van der Waals surface area (Å²) in [5.41, 5.74) is 24.2. The highest BCUT2D eigenvalue weighted by atomic mass is 15.2. The van der Waals surface area contributed by atoms with Crippen LogP contribution in [-0.2, 0) is 10.8 Å². The molecule has 0 fully saturated rings. The fraction of sp³-hybridized carbons (Fsp3) is 0.0938. The number of hydrogen-bond donors (Lipinski definition) is 0. The van der Waals surface area contributed by atoms with E-state index in [1.54, 1.807) is 0 Å². The van der Waals surface area contributed by atoms with Crippen LogP contribution in [0.15, 0.2) is 224 Å². The molecule has 1 aromatic heterocycles. The molecule has 0 amide bonds. The van der Waals surface area contributed by atoms with Gasteiger partial charge in [0.15, 0.2) is 0 Å². The summed E-state index contributed by atoms with van der Waals surface area (Å²) in [6.45, 7) is 4.80. The van der Waals surface area contributed by atoms with Gasteiger partial charge in [0.1, 0.15) is 0 Å². The van der Waals surface area contributed by atoms with Gasteiger partial charge in [-0.05, 0) is 110 Å². The van der Waals surface area contributed by atoms with Gasteiger partial charge in [-0.2, -0.15) is 0 Å². The van der Waals surface area contributed by atoms with E-state index >= 15 is 0 Å². The number of para-hydroxylation sites is 2. The monoisotopic (exact) mass is 842 g/mol. The summed E-state index contributed by atoms with van der Waals surface area (Å²) in [4.78, 5) is 2.73. The highest BCUT2D eigenvalue weighted by Crippen LogP contribution is 2.65. The number of benzene rings is 9. The molecule has 1 atom stereocenters. The van der Waals surface area contributed by atoms with Crippen LogP contribution in [-0.4, -0.2) is 10.6 Å². The number of nitrogens with zero attached hydrogens (tertiary/aromatic N) is 2. The Labute approximate surface area is 386 Å². The minimum atomic E-state index is -0.495. The van der Waals surface area contributed by atoms with Crippen molar-refractivity contribution in [3.8, 4) is 39.1 Å². The minimum Gasteiger partial charge on any atom is -0.333 e. The Bertz CT molecular complexity index is 3660. The van der Waals surface area contributed by atoms with Gasteiger partial charge in [-0.15, -0.1) is 0 Å². The summed E-state index contributed by atoms with van der Waals surface area (Å²) in [6, 6.07) is 77.4. The summed E-state index contributed by atoms with van der Waals surface area (Å²) in [5, 5.41) is 2.56. The maximum Gasteiger partial charge on any atom is 0.0746 e. The predicted molar refractivity (Wildman–Crippen MR) is 275 cm³/mol. The van der Waals surface area contributed by atoms with Crippen molar-refractivity contribution in [1.29, 1.82) is 0 Å². The van der Waals surface area contributed by atoms with Crippen LogP contribution in [0.1, 0.15) is 59.2 Å². The van der Waals surface area contributed by atoms with Crippen LogP contribution < -0.4 is 4.90 Å². The molecule has 14 rings (SSSR count). The van der Waals surface area contributed by atoms with E-state index < -0.39 is 5.41 Å². The average molecular weight is 843 g/mol. The highest BCUT2D eigenvalue weighted by Gasteiger charge is 2.53. The highest BCUT2D eigenvalue weighted by molar-refractivity contribution is 6.14. The van der Waals surface area contributed by atoms with E-state index in [2.05, 4.69) is 248 Å². The third-order valence-electron chi connectivity index (χ3n) is 15.5. The number of hydrogen-bond acceptors (Lipinski definition) is 1. The van der Waals surface area contributed by atoms with Crippen molar-refractivity contribution in [2.24, 2.45) is 0 Å². The average Bonchev–Trinajstić information content (AvgIpc) is 4.05. The molecule has 0 bridgehead atoms. The third-order valence-corrected chi connectivity index (χ3v) is 15.5. The van der Waals surface area contributed by atoms with Gasteiger partial charge in [-0.25, -0.2) is 0 Å². The fourth-order valence-corrected chi connectivity index (χ4v) is 12.9. The SMILES string of the molecule is CC1(C)c2ccccc2-c2c(N(c3cccc4c3C3(c5ccccc5-c5ccccc53)c3ccccc3-4)C3C=CC(c4cccc5c4c4ccccc4n5-c4ccccc4)=CC3)cccc21. The molecule has 0 radical (unpaired) electrons. The number of anilines is 2. The summed E-state index contributed by atoms with van der Waals surface area (Å²) in [7, 11) is 0. The van der Waals surface area contributed by atoms with E-state index in [9.17, 15) is 0 Å². The summed E-state index contributed by atoms with van der Waals surface area (Å²) in [5.74, 6) is 0. The van der Waals surface area contributed by atoms with Gasteiger partial charge >= 0.3 is 0 Å². The summed E-state index contributed by atoms with van der Waals surface area (Å²) >= 11 is 0. The molecule has 312 valence electrons. The fourth-order valence-electron chi connectivity index (χ4n) is 12.9. The van der Waals surface area contributed by atoms with E-state index in [0.717, 1.165) is 6.42 Å². The molecule has 2 nitrogen and oxygen atoms in total. The topological polar surface area (TPSA) is 8.17 Å². The van der Waals surface area contributed by atoms with Gasteiger partial charge in [0.25, 0.3) is 0 Å². The van der Waals surface area contributed by atoms with Crippen molar-refractivity contribution in [1.82, 2.24) is 4.57 Å². The molecule has 1 heterocycles. The first kappa shape index (κ1) is 37.4. The molecule has 4 aliphatic carbocycles. The Morgan fingerprint density at radius 2 is 0.985 bits per heavy atom. The second-order valence-corrected chi connectivity index (χ2v) is 19.0. The smallest absolute Gasteiger partial charge is 0.0746 e. The lowest BCUT2D eigenvalue weighted by Gasteiger charge is -2.40. The first-order valence-electron chi connectivity index (χ1n) is 23.5. The maximum absolute atomic E-state index is 2.73. The lowest BCUT2D eigenvalue weighted by Crippen LogP contribution is -2.34. The van der Waals surface area contributed by atoms with Crippen molar-refractivity contribution in [2.45, 2.75) is 37.1 Å². The number of aromatic nitrogens is 1. The number of rotatable bonds is 5. The van der Waals surface area contributed by atoms with Crippen molar-refractivity contribution >= 4 is 38.8 Å². The van der Waals surface area contributed by atoms with E-state index in [1.807, 2.05) is 0 Å². The van der Waals surface area contributed by atoms with Crippen LogP contribution in [0.5, 0.6) is 0 Å². The van der Waals surface area contributed by atoms with Gasteiger partial charge in [-0.3, -0.25) is 0 Å². The lowest BCUT2D eigenvalue weighted by molar-refractivity contribution is 0.660.